The van der Waals surface area contributed by atoms with E-state index >= 15 is 0 Å². The number of carbonyl (C=O) groups excluding carboxylic acids is 1. The van der Waals surface area contributed by atoms with Crippen LogP contribution in [0.3, 0.4) is 0 Å². The third-order valence-corrected chi connectivity index (χ3v) is 3.84. The van der Waals surface area contributed by atoms with Gasteiger partial charge in [-0.15, -0.1) is 0 Å². The van der Waals surface area contributed by atoms with Gasteiger partial charge < -0.3 is 20.3 Å². The molecule has 6 nitrogen and oxygen atoms in total. The van der Waals surface area contributed by atoms with Crippen LogP contribution in [0.1, 0.15) is 16.9 Å². The maximum Gasteiger partial charge on any atom is 0.404 e. The predicted octanol–water partition coefficient (Wildman–Crippen LogP) is 3.86. The number of ether oxygens (including phenoxy) is 1. The van der Waals surface area contributed by atoms with Crippen LogP contribution in [0.2, 0.25) is 0 Å². The van der Waals surface area contributed by atoms with Crippen LogP contribution in [0.15, 0.2) is 59.1 Å². The number of amides is 1. The topological polar surface area (TPSA) is 90.4 Å². The number of nitrogens with two attached hydrogens (primary N) is 1. The largest absolute Gasteiger partial charge is 0.441 e. The first-order valence-corrected chi connectivity index (χ1v) is 7.88. The van der Waals surface area contributed by atoms with E-state index in [1.165, 1.54) is 11.1 Å². The normalized spacial score (nSPS) is 10.4. The van der Waals surface area contributed by atoms with E-state index < -0.39 is 6.09 Å². The zero-order chi connectivity index (χ0) is 17.6. The summed E-state index contributed by atoms with van der Waals surface area (Å²) in [6.07, 6.45) is -0.845. The highest BCUT2D eigenvalue weighted by Gasteiger charge is 2.08. The van der Waals surface area contributed by atoms with Crippen LogP contribution >= 0.6 is 0 Å². The van der Waals surface area contributed by atoms with E-state index in [-0.39, 0.29) is 6.61 Å². The molecule has 3 rings (SSSR count). The molecule has 1 aromatic heterocycles. The summed E-state index contributed by atoms with van der Waals surface area (Å²) in [5.74, 6) is 0.440. The lowest BCUT2D eigenvalue weighted by Gasteiger charge is -2.09. The molecule has 0 saturated carbocycles. The number of anilines is 1. The Kier molecular flexibility index (Phi) is 4.99. The molecule has 3 N–H and O–H groups in total. The molecule has 0 aliphatic rings. The van der Waals surface area contributed by atoms with Crippen molar-refractivity contribution in [3.8, 4) is 11.3 Å². The molecule has 0 saturated heterocycles. The summed E-state index contributed by atoms with van der Waals surface area (Å²) in [5.41, 5.74) is 10.1. The van der Waals surface area contributed by atoms with Crippen LogP contribution in [-0.2, 0) is 17.9 Å². The van der Waals surface area contributed by atoms with Gasteiger partial charge in [-0.3, -0.25) is 0 Å². The molecular formula is C19H19N3O3. The van der Waals surface area contributed by atoms with Gasteiger partial charge >= 0.3 is 6.09 Å². The third kappa shape index (κ3) is 4.38. The van der Waals surface area contributed by atoms with E-state index in [0.29, 0.717) is 11.5 Å². The van der Waals surface area contributed by atoms with Gasteiger partial charge in [0.15, 0.2) is 12.4 Å². The highest BCUT2D eigenvalue weighted by molar-refractivity contribution is 5.65. The second-order valence-electron chi connectivity index (χ2n) is 5.64. The molecule has 0 atom stereocenters. The molecule has 0 fully saturated rings. The molecule has 0 unspecified atom stereocenters. The van der Waals surface area contributed by atoms with Gasteiger partial charge in [-0.2, -0.15) is 0 Å². The van der Waals surface area contributed by atoms with Gasteiger partial charge in [0.25, 0.3) is 0 Å². The van der Waals surface area contributed by atoms with E-state index in [4.69, 9.17) is 10.3 Å². The summed E-state index contributed by atoms with van der Waals surface area (Å²) < 4.78 is 9.79. The average Bonchev–Trinajstić information content (AvgIpc) is 3.09. The molecule has 25 heavy (non-hydrogen) atoms. The summed E-state index contributed by atoms with van der Waals surface area (Å²) in [6.45, 7) is 2.84. The Morgan fingerprint density at radius 3 is 2.68 bits per heavy atom. The Bertz CT molecular complexity index is 856. The molecule has 1 amide bonds. The smallest absolute Gasteiger partial charge is 0.404 e. The Hall–Kier alpha value is -3.28. The first-order valence-electron chi connectivity index (χ1n) is 7.88. The first kappa shape index (κ1) is 16.6. The summed E-state index contributed by atoms with van der Waals surface area (Å²) >= 11 is 0. The van der Waals surface area contributed by atoms with Crippen molar-refractivity contribution in [1.29, 1.82) is 0 Å². The molecule has 128 valence electrons. The fraction of sp³-hybridized carbons (Fsp3) is 0.158. The minimum Gasteiger partial charge on any atom is -0.441 e. The van der Waals surface area contributed by atoms with E-state index in [2.05, 4.69) is 34.3 Å². The minimum absolute atomic E-state index is 0.0294. The van der Waals surface area contributed by atoms with E-state index in [1.54, 1.807) is 6.07 Å². The monoisotopic (exact) mass is 337 g/mol. The van der Waals surface area contributed by atoms with E-state index in [0.717, 1.165) is 17.8 Å². The number of primary amides is 1. The van der Waals surface area contributed by atoms with Crippen molar-refractivity contribution in [1.82, 2.24) is 5.16 Å². The van der Waals surface area contributed by atoms with Crippen molar-refractivity contribution in [2.24, 2.45) is 5.73 Å². The average molecular weight is 337 g/mol. The van der Waals surface area contributed by atoms with Gasteiger partial charge in [-0.1, -0.05) is 41.6 Å². The van der Waals surface area contributed by atoms with Crippen LogP contribution in [0, 0.1) is 6.92 Å². The standard InChI is InChI=1S/C19H19N3O3/c1-13-4-2-3-5-15(13)11-21-16-8-6-14(7-9-16)18-10-17(25-22-18)12-24-19(20)23/h2-10,21H,11-12H2,1H3,(H2,20,23). The van der Waals surface area contributed by atoms with Gasteiger partial charge in [0.05, 0.1) is 0 Å². The van der Waals surface area contributed by atoms with Gasteiger partial charge in [0.1, 0.15) is 5.69 Å². The Morgan fingerprint density at radius 1 is 1.20 bits per heavy atom. The first-order chi connectivity index (χ1) is 12.1. The Morgan fingerprint density at radius 2 is 1.96 bits per heavy atom. The van der Waals surface area contributed by atoms with Gasteiger partial charge in [-0.25, -0.2) is 4.79 Å². The van der Waals surface area contributed by atoms with Gasteiger partial charge in [0.2, 0.25) is 0 Å². The summed E-state index contributed by atoms with van der Waals surface area (Å²) in [5, 5.41) is 7.37. The second kappa shape index (κ2) is 7.53. The number of carbonyl (C=O) groups is 1. The fourth-order valence-electron chi connectivity index (χ4n) is 2.42. The van der Waals surface area contributed by atoms with Crippen molar-refractivity contribution in [3.63, 3.8) is 0 Å². The van der Waals surface area contributed by atoms with Gasteiger partial charge in [0, 0.05) is 23.9 Å². The number of aromatic nitrogens is 1. The van der Waals surface area contributed by atoms with Crippen molar-refractivity contribution >= 4 is 11.8 Å². The number of nitrogens with one attached hydrogen (secondary N) is 1. The SMILES string of the molecule is Cc1ccccc1CNc1ccc(-c2cc(COC(N)=O)on2)cc1. The molecule has 0 bridgehead atoms. The summed E-state index contributed by atoms with van der Waals surface area (Å²) in [7, 11) is 0. The van der Waals surface area contributed by atoms with Crippen LogP contribution in [0.5, 0.6) is 0 Å². The van der Waals surface area contributed by atoms with Gasteiger partial charge in [-0.05, 0) is 30.2 Å². The van der Waals surface area contributed by atoms with Crippen LogP contribution in [0.4, 0.5) is 10.5 Å². The predicted molar refractivity (Wildman–Crippen MR) is 94.8 cm³/mol. The number of rotatable bonds is 6. The van der Waals surface area contributed by atoms with Crippen molar-refractivity contribution in [3.05, 3.63) is 71.5 Å². The third-order valence-electron chi connectivity index (χ3n) is 3.84. The Balaban J connectivity index is 1.62. The van der Waals surface area contributed by atoms with Crippen LogP contribution < -0.4 is 11.1 Å². The maximum atomic E-state index is 10.6. The zero-order valence-corrected chi connectivity index (χ0v) is 13.9. The molecule has 3 aromatic rings. The number of aryl methyl sites for hydroxylation is 1. The van der Waals surface area contributed by atoms with E-state index in [1.807, 2.05) is 36.4 Å². The molecule has 0 aliphatic carbocycles. The summed E-state index contributed by atoms with van der Waals surface area (Å²) in [6, 6.07) is 17.9. The summed E-state index contributed by atoms with van der Waals surface area (Å²) in [4.78, 5) is 10.6. The maximum absolute atomic E-state index is 10.6. The lowest BCUT2D eigenvalue weighted by Crippen LogP contribution is -2.12. The highest BCUT2D eigenvalue weighted by atomic mass is 16.6. The van der Waals surface area contributed by atoms with Crippen molar-refractivity contribution in [2.45, 2.75) is 20.1 Å². The van der Waals surface area contributed by atoms with Crippen LogP contribution in [-0.4, -0.2) is 11.2 Å². The highest BCUT2D eigenvalue weighted by Crippen LogP contribution is 2.22. The second-order valence-corrected chi connectivity index (χ2v) is 5.64. The van der Waals surface area contributed by atoms with Crippen LogP contribution in [0.25, 0.3) is 11.3 Å². The minimum atomic E-state index is -0.845. The van der Waals surface area contributed by atoms with Crippen molar-refractivity contribution in [2.75, 3.05) is 5.32 Å². The van der Waals surface area contributed by atoms with Crippen molar-refractivity contribution < 1.29 is 14.1 Å². The quantitative estimate of drug-likeness (QED) is 0.713. The molecule has 0 radical (unpaired) electrons. The molecule has 2 aromatic carbocycles. The molecular weight excluding hydrogens is 318 g/mol. The molecule has 0 spiro atoms. The lowest BCUT2D eigenvalue weighted by molar-refractivity contribution is 0.137. The number of benzene rings is 2. The molecule has 6 heteroatoms. The van der Waals surface area contributed by atoms with E-state index in [9.17, 15) is 4.79 Å². The number of nitrogens with zero attached hydrogens (tertiary/aromatic N) is 1. The Labute approximate surface area is 145 Å². The number of hydrogen-bond acceptors (Lipinski definition) is 5. The fourth-order valence-corrected chi connectivity index (χ4v) is 2.42. The molecule has 0 aliphatic heterocycles. The zero-order valence-electron chi connectivity index (χ0n) is 13.9. The molecule has 1 heterocycles. The number of hydrogen-bond donors (Lipinski definition) is 2. The lowest BCUT2D eigenvalue weighted by atomic mass is 10.1.